The number of nitrogens with one attached hydrogen (secondary N) is 1. The lowest BCUT2D eigenvalue weighted by molar-refractivity contribution is -0.118. The van der Waals surface area contributed by atoms with Crippen LogP contribution in [0.2, 0.25) is 0 Å². The van der Waals surface area contributed by atoms with E-state index in [4.69, 9.17) is 10.5 Å². The molecule has 0 saturated heterocycles. The Balaban J connectivity index is 0.00000242. The normalized spacial score (nSPS) is 10.9. The van der Waals surface area contributed by atoms with E-state index in [9.17, 15) is 4.79 Å². The third-order valence-electron chi connectivity index (χ3n) is 3.06. The second-order valence-corrected chi connectivity index (χ2v) is 4.78. The Labute approximate surface area is 148 Å². The van der Waals surface area contributed by atoms with E-state index in [1.54, 1.807) is 12.4 Å². The molecule has 0 aliphatic rings. The van der Waals surface area contributed by atoms with Crippen LogP contribution >= 0.6 is 24.8 Å². The molecule has 5 nitrogen and oxygen atoms in total. The Hall–Kier alpha value is -1.66. The van der Waals surface area contributed by atoms with Gasteiger partial charge in [0.05, 0.1) is 6.61 Å². The van der Waals surface area contributed by atoms with Gasteiger partial charge in [0, 0.05) is 25.2 Å². The van der Waals surface area contributed by atoms with Gasteiger partial charge in [-0.25, -0.2) is 0 Å². The summed E-state index contributed by atoms with van der Waals surface area (Å²) in [5, 5.41) is 2.76. The number of hydrogen-bond donors (Lipinski definition) is 2. The summed E-state index contributed by atoms with van der Waals surface area (Å²) in [6.07, 6.45) is 4.39. The highest BCUT2D eigenvalue weighted by Gasteiger charge is 2.12. The molecule has 0 bridgehead atoms. The first-order valence-corrected chi connectivity index (χ1v) is 6.72. The maximum absolute atomic E-state index is 11.8. The minimum absolute atomic E-state index is 0. The van der Waals surface area contributed by atoms with Gasteiger partial charge in [0.15, 0.2) is 0 Å². The molecule has 0 spiro atoms. The highest BCUT2D eigenvalue weighted by atomic mass is 35.5. The van der Waals surface area contributed by atoms with Crippen LogP contribution in [-0.2, 0) is 16.0 Å². The molecule has 0 aliphatic heterocycles. The van der Waals surface area contributed by atoms with Gasteiger partial charge >= 0.3 is 0 Å². The molecule has 1 amide bonds. The average molecular weight is 358 g/mol. The van der Waals surface area contributed by atoms with E-state index in [1.807, 2.05) is 36.4 Å². The number of nitrogens with two attached hydrogens (primary N) is 1. The Morgan fingerprint density at radius 1 is 1.13 bits per heavy atom. The quantitative estimate of drug-likeness (QED) is 0.832. The number of benzene rings is 1. The third kappa shape index (κ3) is 6.97. The number of anilines is 1. The van der Waals surface area contributed by atoms with Crippen LogP contribution < -0.4 is 11.1 Å². The highest BCUT2D eigenvalue weighted by Crippen LogP contribution is 2.13. The number of rotatable bonds is 6. The summed E-state index contributed by atoms with van der Waals surface area (Å²) in [4.78, 5) is 15.8. The second kappa shape index (κ2) is 11.0. The third-order valence-corrected chi connectivity index (χ3v) is 3.06. The van der Waals surface area contributed by atoms with Gasteiger partial charge in [-0.15, -0.1) is 24.8 Å². The lowest BCUT2D eigenvalue weighted by Gasteiger charge is -2.11. The Morgan fingerprint density at radius 2 is 1.70 bits per heavy atom. The zero-order valence-electron chi connectivity index (χ0n) is 12.8. The SMILES string of the molecule is COCC(N)C(=O)Nc1ccc(Cc2ccncc2)cc1.Cl.Cl. The Bertz CT molecular complexity index is 580. The molecule has 0 saturated carbocycles. The van der Waals surface area contributed by atoms with E-state index in [1.165, 1.54) is 18.2 Å². The number of aromatic nitrogens is 1. The predicted molar refractivity (Wildman–Crippen MR) is 96.5 cm³/mol. The van der Waals surface area contributed by atoms with Crippen LogP contribution in [0.4, 0.5) is 5.69 Å². The fourth-order valence-electron chi connectivity index (χ4n) is 1.93. The van der Waals surface area contributed by atoms with Gasteiger partial charge in [-0.2, -0.15) is 0 Å². The van der Waals surface area contributed by atoms with E-state index < -0.39 is 6.04 Å². The van der Waals surface area contributed by atoms with Gasteiger partial charge in [-0.1, -0.05) is 12.1 Å². The van der Waals surface area contributed by atoms with E-state index in [2.05, 4.69) is 10.3 Å². The van der Waals surface area contributed by atoms with Crippen molar-refractivity contribution in [2.75, 3.05) is 19.0 Å². The molecule has 2 aromatic rings. The van der Waals surface area contributed by atoms with Crippen molar-refractivity contribution in [3.05, 3.63) is 59.9 Å². The molecule has 2 rings (SSSR count). The second-order valence-electron chi connectivity index (χ2n) is 4.78. The Kier molecular flexibility index (Phi) is 10.2. The molecule has 0 fully saturated rings. The molecule has 7 heteroatoms. The number of pyridine rings is 1. The number of hydrogen-bond acceptors (Lipinski definition) is 4. The zero-order chi connectivity index (χ0) is 15.1. The molecule has 1 aromatic heterocycles. The lowest BCUT2D eigenvalue weighted by Crippen LogP contribution is -2.39. The van der Waals surface area contributed by atoms with E-state index in [0.717, 1.165) is 12.1 Å². The van der Waals surface area contributed by atoms with Crippen LogP contribution in [0, 0.1) is 0 Å². The van der Waals surface area contributed by atoms with Crippen molar-refractivity contribution < 1.29 is 9.53 Å². The van der Waals surface area contributed by atoms with E-state index in [0.29, 0.717) is 0 Å². The zero-order valence-corrected chi connectivity index (χ0v) is 14.4. The van der Waals surface area contributed by atoms with Crippen molar-refractivity contribution in [1.82, 2.24) is 4.98 Å². The minimum atomic E-state index is -0.661. The largest absolute Gasteiger partial charge is 0.383 e. The number of carbonyl (C=O) groups excluding carboxylic acids is 1. The van der Waals surface area contributed by atoms with Crippen molar-refractivity contribution in [1.29, 1.82) is 0 Å². The van der Waals surface area contributed by atoms with Crippen LogP contribution in [0.15, 0.2) is 48.8 Å². The first kappa shape index (κ1) is 21.3. The summed E-state index contributed by atoms with van der Waals surface area (Å²) >= 11 is 0. The number of ether oxygens (including phenoxy) is 1. The first-order valence-electron chi connectivity index (χ1n) is 6.72. The lowest BCUT2D eigenvalue weighted by atomic mass is 10.1. The smallest absolute Gasteiger partial charge is 0.243 e. The maximum Gasteiger partial charge on any atom is 0.243 e. The minimum Gasteiger partial charge on any atom is -0.383 e. The summed E-state index contributed by atoms with van der Waals surface area (Å²) in [6.45, 7) is 0.200. The van der Waals surface area contributed by atoms with Crippen molar-refractivity contribution in [3.8, 4) is 0 Å². The van der Waals surface area contributed by atoms with Crippen LogP contribution in [0.1, 0.15) is 11.1 Å². The molecule has 1 unspecified atom stereocenters. The predicted octanol–water partition coefficient (Wildman–Crippen LogP) is 2.43. The summed E-state index contributed by atoms with van der Waals surface area (Å²) in [5.74, 6) is -0.251. The Morgan fingerprint density at radius 3 is 2.26 bits per heavy atom. The van der Waals surface area contributed by atoms with Crippen molar-refractivity contribution in [2.45, 2.75) is 12.5 Å². The number of methoxy groups -OCH3 is 1. The molecule has 23 heavy (non-hydrogen) atoms. The molecule has 3 N–H and O–H groups in total. The molecule has 0 aliphatic carbocycles. The average Bonchev–Trinajstić information content (AvgIpc) is 2.50. The van der Waals surface area contributed by atoms with Crippen molar-refractivity contribution in [3.63, 3.8) is 0 Å². The fourth-order valence-corrected chi connectivity index (χ4v) is 1.93. The van der Waals surface area contributed by atoms with Gasteiger partial charge in [0.1, 0.15) is 6.04 Å². The van der Waals surface area contributed by atoms with Gasteiger partial charge < -0.3 is 15.8 Å². The number of nitrogens with zero attached hydrogens (tertiary/aromatic N) is 1. The van der Waals surface area contributed by atoms with E-state index >= 15 is 0 Å². The summed E-state index contributed by atoms with van der Waals surface area (Å²) < 4.78 is 4.86. The van der Waals surface area contributed by atoms with E-state index in [-0.39, 0.29) is 37.3 Å². The number of halogens is 2. The highest BCUT2D eigenvalue weighted by molar-refractivity contribution is 5.94. The summed E-state index contributed by atoms with van der Waals surface area (Å²) in [5.41, 5.74) is 8.76. The number of carbonyl (C=O) groups is 1. The monoisotopic (exact) mass is 357 g/mol. The standard InChI is InChI=1S/C16H19N3O2.2ClH/c1-21-11-15(17)16(20)19-14-4-2-12(3-5-14)10-13-6-8-18-9-7-13;;/h2-9,15H,10-11,17H2,1H3,(H,19,20);2*1H. The molecule has 1 heterocycles. The molecule has 0 radical (unpaired) electrons. The van der Waals surface area contributed by atoms with Gasteiger partial charge in [-0.05, 0) is 41.8 Å². The molecule has 1 aromatic carbocycles. The first-order chi connectivity index (χ1) is 10.2. The fraction of sp³-hybridized carbons (Fsp3) is 0.250. The topological polar surface area (TPSA) is 77.2 Å². The summed E-state index contributed by atoms with van der Waals surface area (Å²) in [7, 11) is 1.51. The van der Waals surface area contributed by atoms with Crippen LogP contribution in [0.5, 0.6) is 0 Å². The van der Waals surface area contributed by atoms with Crippen molar-refractivity contribution in [2.24, 2.45) is 5.73 Å². The van der Waals surface area contributed by atoms with Gasteiger partial charge in [-0.3, -0.25) is 9.78 Å². The molecular weight excluding hydrogens is 337 g/mol. The van der Waals surface area contributed by atoms with Crippen molar-refractivity contribution >= 4 is 36.4 Å². The van der Waals surface area contributed by atoms with Crippen LogP contribution in [0.3, 0.4) is 0 Å². The summed E-state index contributed by atoms with van der Waals surface area (Å²) in [6, 6.07) is 11.0. The van der Waals surface area contributed by atoms with Crippen LogP contribution in [-0.4, -0.2) is 30.6 Å². The number of amides is 1. The maximum atomic E-state index is 11.8. The molecular formula is C16H21Cl2N3O2. The van der Waals surface area contributed by atoms with Gasteiger partial charge in [0.25, 0.3) is 0 Å². The van der Waals surface area contributed by atoms with Gasteiger partial charge in [0.2, 0.25) is 5.91 Å². The molecule has 1 atom stereocenters. The van der Waals surface area contributed by atoms with Crippen LogP contribution in [0.25, 0.3) is 0 Å². The molecule has 126 valence electrons.